The maximum atomic E-state index is 11.3. The Balaban J connectivity index is 3.20. The van der Waals surface area contributed by atoms with E-state index in [2.05, 4.69) is 5.10 Å². The summed E-state index contributed by atoms with van der Waals surface area (Å²) >= 11 is 0. The van der Waals surface area contributed by atoms with E-state index in [4.69, 9.17) is 15.4 Å². The highest BCUT2D eigenvalue weighted by atomic mass is 35.7. The molecule has 0 aliphatic heterocycles. The lowest BCUT2D eigenvalue weighted by Gasteiger charge is -2.07. The molecule has 5 nitrogen and oxygen atoms in total. The second-order valence-corrected chi connectivity index (χ2v) is 6.08. The van der Waals surface area contributed by atoms with Gasteiger partial charge < -0.3 is 4.74 Å². The predicted octanol–water partition coefficient (Wildman–Crippen LogP) is 1.93. The maximum absolute atomic E-state index is 11.3. The molecule has 0 aromatic carbocycles. The molecule has 1 aromatic rings. The maximum Gasteiger partial charge on any atom is 0.264 e. The van der Waals surface area contributed by atoms with E-state index >= 15 is 0 Å². The van der Waals surface area contributed by atoms with Gasteiger partial charge in [-0.15, -0.1) is 0 Å². The van der Waals surface area contributed by atoms with Crippen LogP contribution in [0.3, 0.4) is 0 Å². The Kier molecular flexibility index (Phi) is 4.35. The largest absolute Gasteiger partial charge is 0.378 e. The van der Waals surface area contributed by atoms with Gasteiger partial charge in [-0.25, -0.2) is 8.42 Å². The lowest BCUT2D eigenvalue weighted by atomic mass is 10.3. The number of hydrogen-bond donors (Lipinski definition) is 0. The number of aromatic nitrogens is 2. The summed E-state index contributed by atoms with van der Waals surface area (Å²) in [5.41, 5.74) is 0.345. The van der Waals surface area contributed by atoms with Crippen LogP contribution in [0.1, 0.15) is 32.0 Å². The van der Waals surface area contributed by atoms with Gasteiger partial charge in [-0.3, -0.25) is 4.68 Å². The van der Waals surface area contributed by atoms with Crippen LogP contribution < -0.4 is 0 Å². The second-order valence-electron chi connectivity index (χ2n) is 3.55. The third kappa shape index (κ3) is 2.96. The number of methoxy groups -OCH3 is 1. The summed E-state index contributed by atoms with van der Waals surface area (Å²) in [5.74, 6) is 0. The standard InChI is InChI=1S/C9H15ClN2O3S/c1-4-7(2)12-5-9(16(10,13)14)8(11-12)6-15-3/h5,7H,4,6H2,1-3H3/t7-/m1/s1. The van der Waals surface area contributed by atoms with Gasteiger partial charge >= 0.3 is 0 Å². The molecule has 0 unspecified atom stereocenters. The van der Waals surface area contributed by atoms with Crippen LogP contribution in [0.4, 0.5) is 0 Å². The van der Waals surface area contributed by atoms with Crippen LogP contribution in [0.25, 0.3) is 0 Å². The number of hydrogen-bond acceptors (Lipinski definition) is 4. The Hall–Kier alpha value is -0.590. The lowest BCUT2D eigenvalue weighted by molar-refractivity contribution is 0.178. The highest BCUT2D eigenvalue weighted by molar-refractivity contribution is 8.13. The molecule has 0 radical (unpaired) electrons. The highest BCUT2D eigenvalue weighted by Gasteiger charge is 2.21. The Bertz CT molecular complexity index is 455. The molecule has 1 atom stereocenters. The van der Waals surface area contributed by atoms with Crippen LogP contribution in [-0.2, 0) is 20.4 Å². The van der Waals surface area contributed by atoms with Crippen molar-refractivity contribution in [1.82, 2.24) is 9.78 Å². The zero-order chi connectivity index (χ0) is 12.3. The summed E-state index contributed by atoms with van der Waals surface area (Å²) in [7, 11) is 3.04. The summed E-state index contributed by atoms with van der Waals surface area (Å²) in [6, 6.07) is 0.128. The Morgan fingerprint density at radius 3 is 2.69 bits per heavy atom. The molecule has 0 aliphatic rings. The van der Waals surface area contributed by atoms with Crippen molar-refractivity contribution < 1.29 is 13.2 Å². The van der Waals surface area contributed by atoms with Gasteiger partial charge in [0.1, 0.15) is 10.6 Å². The van der Waals surface area contributed by atoms with Gasteiger partial charge in [0.2, 0.25) is 0 Å². The van der Waals surface area contributed by atoms with E-state index in [0.29, 0.717) is 5.69 Å². The topological polar surface area (TPSA) is 61.2 Å². The van der Waals surface area contributed by atoms with E-state index in [-0.39, 0.29) is 17.5 Å². The van der Waals surface area contributed by atoms with Gasteiger partial charge in [0.25, 0.3) is 9.05 Å². The van der Waals surface area contributed by atoms with Gasteiger partial charge in [0, 0.05) is 30.0 Å². The van der Waals surface area contributed by atoms with Crippen LogP contribution in [0.5, 0.6) is 0 Å². The zero-order valence-corrected chi connectivity index (χ0v) is 11.0. The average Bonchev–Trinajstić information content (AvgIpc) is 2.61. The zero-order valence-electron chi connectivity index (χ0n) is 9.47. The molecule has 0 amide bonds. The van der Waals surface area contributed by atoms with Crippen molar-refractivity contribution in [2.75, 3.05) is 7.11 Å². The SMILES string of the molecule is CC[C@@H](C)n1cc(S(=O)(=O)Cl)c(COC)n1. The van der Waals surface area contributed by atoms with Crippen LogP contribution in [0, 0.1) is 0 Å². The Labute approximate surface area is 99.8 Å². The molecule has 1 aromatic heterocycles. The van der Waals surface area contributed by atoms with Crippen molar-refractivity contribution in [3.63, 3.8) is 0 Å². The van der Waals surface area contributed by atoms with Crippen molar-refractivity contribution in [1.29, 1.82) is 0 Å². The van der Waals surface area contributed by atoms with E-state index in [0.717, 1.165) is 6.42 Å². The van der Waals surface area contributed by atoms with Crippen molar-refractivity contribution in [2.24, 2.45) is 0 Å². The van der Waals surface area contributed by atoms with Crippen LogP contribution in [0.15, 0.2) is 11.1 Å². The lowest BCUT2D eigenvalue weighted by Crippen LogP contribution is -2.04. The van der Waals surface area contributed by atoms with Gasteiger partial charge in [0.05, 0.1) is 6.61 Å². The Morgan fingerprint density at radius 1 is 1.62 bits per heavy atom. The number of rotatable bonds is 5. The van der Waals surface area contributed by atoms with E-state index in [9.17, 15) is 8.42 Å². The van der Waals surface area contributed by atoms with E-state index in [1.54, 1.807) is 4.68 Å². The molecule has 92 valence electrons. The fourth-order valence-electron chi connectivity index (χ4n) is 1.27. The summed E-state index contributed by atoms with van der Waals surface area (Å²) in [4.78, 5) is 0.0244. The predicted molar refractivity (Wildman–Crippen MR) is 61.0 cm³/mol. The minimum Gasteiger partial charge on any atom is -0.378 e. The van der Waals surface area contributed by atoms with Crippen molar-refractivity contribution >= 4 is 19.7 Å². The highest BCUT2D eigenvalue weighted by Crippen LogP contribution is 2.22. The molecule has 1 heterocycles. The number of nitrogens with zero attached hydrogens (tertiary/aromatic N) is 2. The van der Waals surface area contributed by atoms with E-state index in [1.165, 1.54) is 13.3 Å². The monoisotopic (exact) mass is 266 g/mol. The number of halogens is 1. The first-order valence-corrected chi connectivity index (χ1v) is 7.22. The van der Waals surface area contributed by atoms with Crippen molar-refractivity contribution in [3.8, 4) is 0 Å². The first-order chi connectivity index (χ1) is 7.40. The fourth-order valence-corrected chi connectivity index (χ4v) is 2.27. The molecule has 1 rings (SSSR count). The van der Waals surface area contributed by atoms with Crippen LogP contribution >= 0.6 is 10.7 Å². The smallest absolute Gasteiger partial charge is 0.264 e. The van der Waals surface area contributed by atoms with Crippen molar-refractivity contribution in [2.45, 2.75) is 37.8 Å². The molecule has 0 fully saturated rings. The molecule has 0 N–H and O–H groups in total. The Morgan fingerprint density at radius 2 is 2.25 bits per heavy atom. The minimum atomic E-state index is -3.77. The summed E-state index contributed by atoms with van der Waals surface area (Å²) in [6.45, 7) is 4.08. The van der Waals surface area contributed by atoms with Gasteiger partial charge in [-0.05, 0) is 13.3 Å². The third-order valence-electron chi connectivity index (χ3n) is 2.36. The first kappa shape index (κ1) is 13.5. The first-order valence-electron chi connectivity index (χ1n) is 4.91. The minimum absolute atomic E-state index is 0.0244. The van der Waals surface area contributed by atoms with Gasteiger partial charge in [-0.2, -0.15) is 5.10 Å². The van der Waals surface area contributed by atoms with E-state index in [1.807, 2.05) is 13.8 Å². The molecule has 0 bridgehead atoms. The molecule has 0 spiro atoms. The molecule has 0 saturated carbocycles. The van der Waals surface area contributed by atoms with Gasteiger partial charge in [-0.1, -0.05) is 6.92 Å². The fraction of sp³-hybridized carbons (Fsp3) is 0.667. The second kappa shape index (κ2) is 5.16. The summed E-state index contributed by atoms with van der Waals surface area (Å²) < 4.78 is 29.1. The molecule has 0 saturated heterocycles. The molecule has 0 aliphatic carbocycles. The van der Waals surface area contributed by atoms with Crippen LogP contribution in [-0.4, -0.2) is 25.3 Å². The molecular weight excluding hydrogens is 252 g/mol. The molecule has 7 heteroatoms. The van der Waals surface area contributed by atoms with Gasteiger partial charge in [0.15, 0.2) is 0 Å². The summed E-state index contributed by atoms with van der Waals surface area (Å²) in [6.07, 6.45) is 2.31. The average molecular weight is 267 g/mol. The van der Waals surface area contributed by atoms with E-state index < -0.39 is 9.05 Å². The normalized spacial score (nSPS) is 14.0. The molecular formula is C9H15ClN2O3S. The summed E-state index contributed by atoms with van der Waals surface area (Å²) in [5, 5.41) is 4.17. The van der Waals surface area contributed by atoms with Crippen molar-refractivity contribution in [3.05, 3.63) is 11.9 Å². The third-order valence-corrected chi connectivity index (χ3v) is 3.72. The quantitative estimate of drug-likeness (QED) is 0.764. The molecule has 16 heavy (non-hydrogen) atoms. The van der Waals surface area contributed by atoms with Crippen LogP contribution in [0.2, 0.25) is 0 Å². The number of ether oxygens (including phenoxy) is 1.